The second-order valence-electron chi connectivity index (χ2n) is 4.43. The van der Waals surface area contributed by atoms with Crippen molar-refractivity contribution in [2.75, 3.05) is 0 Å². The van der Waals surface area contributed by atoms with E-state index >= 15 is 0 Å². The summed E-state index contributed by atoms with van der Waals surface area (Å²) in [5, 5.41) is 0.551. The van der Waals surface area contributed by atoms with Crippen molar-refractivity contribution in [1.29, 1.82) is 0 Å². The van der Waals surface area contributed by atoms with Crippen molar-refractivity contribution < 1.29 is 8.42 Å². The highest BCUT2D eigenvalue weighted by Gasteiger charge is 2.22. The molecule has 0 aromatic heterocycles. The zero-order valence-electron chi connectivity index (χ0n) is 9.21. The molecule has 0 radical (unpaired) electrons. The molecule has 0 unspecified atom stereocenters. The molecule has 0 heterocycles. The van der Waals surface area contributed by atoms with Gasteiger partial charge in [0.1, 0.15) is 0 Å². The van der Waals surface area contributed by atoms with Gasteiger partial charge in [-0.05, 0) is 39.0 Å². The molecule has 90 valence electrons. The maximum atomic E-state index is 11.9. The van der Waals surface area contributed by atoms with Crippen LogP contribution in [0.4, 0.5) is 0 Å². The summed E-state index contributed by atoms with van der Waals surface area (Å²) < 4.78 is 26.3. The largest absolute Gasteiger partial charge is 0.241 e. The van der Waals surface area contributed by atoms with Crippen molar-refractivity contribution >= 4 is 33.2 Å². The highest BCUT2D eigenvalue weighted by molar-refractivity contribution is 7.89. The van der Waals surface area contributed by atoms with E-state index in [1.165, 1.54) is 18.2 Å². The topological polar surface area (TPSA) is 46.2 Å². The van der Waals surface area contributed by atoms with Crippen LogP contribution in [0.15, 0.2) is 23.1 Å². The number of nitrogens with one attached hydrogen (secondary N) is 1. The molecule has 0 fully saturated rings. The SMILES string of the molecule is CC(C)(C)NS(=O)(=O)c1ccc(Cl)c(Cl)c1. The quantitative estimate of drug-likeness (QED) is 0.906. The van der Waals surface area contributed by atoms with E-state index in [4.69, 9.17) is 23.2 Å². The van der Waals surface area contributed by atoms with Gasteiger partial charge in [0.25, 0.3) is 0 Å². The van der Waals surface area contributed by atoms with Gasteiger partial charge < -0.3 is 0 Å². The first kappa shape index (κ1) is 13.8. The van der Waals surface area contributed by atoms with Crippen LogP contribution in [-0.2, 0) is 10.0 Å². The summed E-state index contributed by atoms with van der Waals surface area (Å²) in [5.74, 6) is 0. The lowest BCUT2D eigenvalue weighted by atomic mass is 10.1. The Hall–Kier alpha value is -0.290. The molecule has 1 rings (SSSR count). The lowest BCUT2D eigenvalue weighted by Gasteiger charge is -2.20. The van der Waals surface area contributed by atoms with Gasteiger partial charge in [0, 0.05) is 5.54 Å². The molecule has 1 aromatic carbocycles. The van der Waals surface area contributed by atoms with Gasteiger partial charge >= 0.3 is 0 Å². The summed E-state index contributed by atoms with van der Waals surface area (Å²) in [6.45, 7) is 5.30. The molecule has 0 aliphatic heterocycles. The third-order valence-electron chi connectivity index (χ3n) is 1.64. The number of rotatable bonds is 2. The molecule has 0 spiro atoms. The van der Waals surface area contributed by atoms with Crippen LogP contribution >= 0.6 is 23.2 Å². The Kier molecular flexibility index (Phi) is 3.90. The van der Waals surface area contributed by atoms with E-state index in [1.807, 2.05) is 0 Å². The number of sulfonamides is 1. The monoisotopic (exact) mass is 281 g/mol. The fourth-order valence-electron chi connectivity index (χ4n) is 1.11. The van der Waals surface area contributed by atoms with E-state index in [0.29, 0.717) is 5.02 Å². The molecule has 0 aliphatic rings. The van der Waals surface area contributed by atoms with Gasteiger partial charge in [-0.1, -0.05) is 23.2 Å². The molecule has 0 atom stereocenters. The number of hydrogen-bond donors (Lipinski definition) is 1. The van der Waals surface area contributed by atoms with Crippen LogP contribution in [0.2, 0.25) is 10.0 Å². The van der Waals surface area contributed by atoms with Crippen LogP contribution in [0, 0.1) is 0 Å². The van der Waals surface area contributed by atoms with Gasteiger partial charge in [-0.2, -0.15) is 0 Å². The number of benzene rings is 1. The van der Waals surface area contributed by atoms with Gasteiger partial charge in [0.05, 0.1) is 14.9 Å². The van der Waals surface area contributed by atoms with Gasteiger partial charge in [-0.25, -0.2) is 13.1 Å². The van der Waals surface area contributed by atoms with Gasteiger partial charge in [0.2, 0.25) is 10.0 Å². The van der Waals surface area contributed by atoms with Crippen molar-refractivity contribution in [2.45, 2.75) is 31.2 Å². The van der Waals surface area contributed by atoms with E-state index in [0.717, 1.165) is 0 Å². The zero-order chi connectivity index (χ0) is 12.6. The standard InChI is InChI=1S/C10H13Cl2NO2S/c1-10(2,3)13-16(14,15)7-4-5-8(11)9(12)6-7/h4-6,13H,1-3H3. The molecule has 0 saturated heterocycles. The molecule has 1 aromatic rings. The Morgan fingerprint density at radius 1 is 1.12 bits per heavy atom. The van der Waals surface area contributed by atoms with Crippen molar-refractivity contribution in [2.24, 2.45) is 0 Å². The molecule has 3 nitrogen and oxygen atoms in total. The molecular weight excluding hydrogens is 269 g/mol. The second-order valence-corrected chi connectivity index (χ2v) is 6.93. The van der Waals surface area contributed by atoms with Crippen LogP contribution in [-0.4, -0.2) is 14.0 Å². The van der Waals surface area contributed by atoms with Gasteiger partial charge in [0.15, 0.2) is 0 Å². The molecule has 0 amide bonds. The zero-order valence-corrected chi connectivity index (χ0v) is 11.5. The van der Waals surface area contributed by atoms with E-state index in [-0.39, 0.29) is 9.92 Å². The maximum Gasteiger partial charge on any atom is 0.241 e. The number of halogens is 2. The lowest BCUT2D eigenvalue weighted by molar-refractivity contribution is 0.491. The summed E-state index contributed by atoms with van der Waals surface area (Å²) in [4.78, 5) is 0.108. The molecule has 16 heavy (non-hydrogen) atoms. The third kappa shape index (κ3) is 3.63. The van der Waals surface area contributed by atoms with Crippen LogP contribution in [0.1, 0.15) is 20.8 Å². The van der Waals surface area contributed by atoms with E-state index in [9.17, 15) is 8.42 Å². The van der Waals surface area contributed by atoms with Crippen LogP contribution in [0.25, 0.3) is 0 Å². The van der Waals surface area contributed by atoms with Crippen molar-refractivity contribution in [1.82, 2.24) is 4.72 Å². The minimum absolute atomic E-state index is 0.108. The molecule has 1 N–H and O–H groups in total. The Balaban J connectivity index is 3.13. The minimum atomic E-state index is -3.55. The summed E-state index contributed by atoms with van der Waals surface area (Å²) in [6, 6.07) is 4.21. The van der Waals surface area contributed by atoms with E-state index < -0.39 is 15.6 Å². The minimum Gasteiger partial charge on any atom is -0.207 e. The molecule has 0 aliphatic carbocycles. The fourth-order valence-corrected chi connectivity index (χ4v) is 2.91. The van der Waals surface area contributed by atoms with Crippen LogP contribution in [0.5, 0.6) is 0 Å². The Bertz CT molecular complexity index is 492. The summed E-state index contributed by atoms with van der Waals surface area (Å²) >= 11 is 11.5. The summed E-state index contributed by atoms with van der Waals surface area (Å²) in [7, 11) is -3.55. The highest BCUT2D eigenvalue weighted by Crippen LogP contribution is 2.25. The van der Waals surface area contributed by atoms with Crippen LogP contribution in [0.3, 0.4) is 0 Å². The normalized spacial score (nSPS) is 12.8. The second kappa shape index (κ2) is 4.53. The van der Waals surface area contributed by atoms with Gasteiger partial charge in [-0.3, -0.25) is 0 Å². The van der Waals surface area contributed by atoms with Crippen molar-refractivity contribution in [3.8, 4) is 0 Å². The first-order chi connectivity index (χ1) is 7.12. The first-order valence-electron chi connectivity index (χ1n) is 4.61. The smallest absolute Gasteiger partial charge is 0.207 e. The molecule has 0 saturated carbocycles. The Labute approximate surface area is 106 Å². The molecule has 6 heteroatoms. The highest BCUT2D eigenvalue weighted by atomic mass is 35.5. The third-order valence-corrected chi connectivity index (χ3v) is 4.14. The van der Waals surface area contributed by atoms with Gasteiger partial charge in [-0.15, -0.1) is 0 Å². The number of hydrogen-bond acceptors (Lipinski definition) is 2. The average molecular weight is 282 g/mol. The summed E-state index contributed by atoms with van der Waals surface area (Å²) in [5.41, 5.74) is -0.537. The van der Waals surface area contributed by atoms with Crippen molar-refractivity contribution in [3.05, 3.63) is 28.2 Å². The van der Waals surface area contributed by atoms with Crippen LogP contribution < -0.4 is 4.72 Å². The summed E-state index contributed by atoms with van der Waals surface area (Å²) in [6.07, 6.45) is 0. The molecular formula is C10H13Cl2NO2S. The average Bonchev–Trinajstić information content (AvgIpc) is 2.05. The lowest BCUT2D eigenvalue weighted by Crippen LogP contribution is -2.40. The Morgan fingerprint density at radius 2 is 1.69 bits per heavy atom. The van der Waals surface area contributed by atoms with E-state index in [1.54, 1.807) is 20.8 Å². The van der Waals surface area contributed by atoms with E-state index in [2.05, 4.69) is 4.72 Å². The Morgan fingerprint density at radius 3 is 2.12 bits per heavy atom. The predicted octanol–water partition coefficient (Wildman–Crippen LogP) is 3.07. The molecule has 0 bridgehead atoms. The maximum absolute atomic E-state index is 11.9. The predicted molar refractivity (Wildman–Crippen MR) is 66.5 cm³/mol. The fraction of sp³-hybridized carbons (Fsp3) is 0.400. The first-order valence-corrected chi connectivity index (χ1v) is 6.85. The van der Waals surface area contributed by atoms with Crippen molar-refractivity contribution in [3.63, 3.8) is 0 Å².